The molecule has 1 aromatic carbocycles. The van der Waals surface area contributed by atoms with E-state index in [2.05, 4.69) is 14.9 Å². The smallest absolute Gasteiger partial charge is 0.268 e. The van der Waals surface area contributed by atoms with Crippen molar-refractivity contribution in [3.05, 3.63) is 23.1 Å². The molecule has 0 aliphatic rings. The van der Waals surface area contributed by atoms with E-state index in [-0.39, 0.29) is 17.4 Å². The Kier molecular flexibility index (Phi) is 3.66. The van der Waals surface area contributed by atoms with E-state index in [9.17, 15) is 12.8 Å². The highest BCUT2D eigenvalue weighted by Gasteiger charge is 2.19. The first-order chi connectivity index (χ1) is 8.85. The first kappa shape index (κ1) is 14.0. The molecule has 0 saturated heterocycles. The lowest BCUT2D eigenvalue weighted by Gasteiger charge is -2.16. The van der Waals surface area contributed by atoms with Gasteiger partial charge in [-0.1, -0.05) is 18.5 Å². The van der Waals surface area contributed by atoms with E-state index in [1.807, 2.05) is 0 Å². The monoisotopic (exact) mass is 306 g/mol. The first-order valence-electron chi connectivity index (χ1n) is 5.42. The van der Waals surface area contributed by atoms with Crippen LogP contribution in [0.15, 0.2) is 12.1 Å². The summed E-state index contributed by atoms with van der Waals surface area (Å²) in [7, 11) is -2.39. The number of halogens is 2. The predicted molar refractivity (Wildman–Crippen MR) is 71.9 cm³/mol. The third-order valence-electron chi connectivity index (χ3n) is 2.69. The Morgan fingerprint density at radius 2 is 2.21 bits per heavy atom. The van der Waals surface area contributed by atoms with Gasteiger partial charge in [0.15, 0.2) is 0 Å². The quantitative estimate of drug-likeness (QED) is 0.906. The maximum Gasteiger partial charge on any atom is 0.301 e. The van der Waals surface area contributed by atoms with Gasteiger partial charge in [0, 0.05) is 25.0 Å². The van der Waals surface area contributed by atoms with Crippen LogP contribution in [0, 0.1) is 5.82 Å². The number of rotatable bonds is 4. The summed E-state index contributed by atoms with van der Waals surface area (Å²) in [5.74, 6) is -0.719. The van der Waals surface area contributed by atoms with Gasteiger partial charge in [0.2, 0.25) is 0 Å². The standard InChI is InChI=1S/C10H12ClFN4O2S/c1-3-16(2)19(17,18)15-9-4-6-8(5-7(9)12)13-14-10(6)11/h4-5,15H,3H2,1-2H3,(H,13,14). The third-order valence-corrected chi connectivity index (χ3v) is 4.54. The summed E-state index contributed by atoms with van der Waals surface area (Å²) < 4.78 is 40.7. The molecule has 0 radical (unpaired) electrons. The van der Waals surface area contributed by atoms with Gasteiger partial charge in [-0.3, -0.25) is 9.82 Å². The normalized spacial score (nSPS) is 12.3. The molecule has 1 aromatic heterocycles. The van der Waals surface area contributed by atoms with Crippen molar-refractivity contribution in [2.45, 2.75) is 6.92 Å². The zero-order valence-corrected chi connectivity index (χ0v) is 11.8. The number of anilines is 1. The molecular weight excluding hydrogens is 295 g/mol. The fraction of sp³-hybridized carbons (Fsp3) is 0.300. The van der Waals surface area contributed by atoms with Gasteiger partial charge in [0.1, 0.15) is 11.0 Å². The topological polar surface area (TPSA) is 78.1 Å². The number of hydrogen-bond donors (Lipinski definition) is 2. The summed E-state index contributed by atoms with van der Waals surface area (Å²) in [6, 6.07) is 2.42. The van der Waals surface area contributed by atoms with Crippen molar-refractivity contribution in [2.24, 2.45) is 0 Å². The summed E-state index contributed by atoms with van der Waals surface area (Å²) in [6.45, 7) is 1.94. The molecule has 0 saturated carbocycles. The van der Waals surface area contributed by atoms with Gasteiger partial charge >= 0.3 is 10.2 Å². The van der Waals surface area contributed by atoms with Gasteiger partial charge in [0.25, 0.3) is 0 Å². The van der Waals surface area contributed by atoms with Crippen LogP contribution in [0.4, 0.5) is 10.1 Å². The first-order valence-corrected chi connectivity index (χ1v) is 7.24. The van der Waals surface area contributed by atoms with Crippen molar-refractivity contribution in [3.8, 4) is 0 Å². The van der Waals surface area contributed by atoms with Gasteiger partial charge in [-0.15, -0.1) is 0 Å². The number of nitrogens with zero attached hydrogens (tertiary/aromatic N) is 2. The molecule has 9 heteroatoms. The van der Waals surface area contributed by atoms with Crippen LogP contribution in [0.25, 0.3) is 10.9 Å². The van der Waals surface area contributed by atoms with Crippen molar-refractivity contribution >= 4 is 38.4 Å². The number of aromatic amines is 1. The SMILES string of the molecule is CCN(C)S(=O)(=O)Nc1cc2c(Cl)[nH]nc2cc1F. The summed E-state index contributed by atoms with van der Waals surface area (Å²) in [5.41, 5.74) is 0.158. The highest BCUT2D eigenvalue weighted by Crippen LogP contribution is 2.27. The van der Waals surface area contributed by atoms with Crippen LogP contribution in [0.1, 0.15) is 6.92 Å². The van der Waals surface area contributed by atoms with Crippen molar-refractivity contribution < 1.29 is 12.8 Å². The fourth-order valence-electron chi connectivity index (χ4n) is 1.47. The van der Waals surface area contributed by atoms with E-state index in [4.69, 9.17) is 11.6 Å². The van der Waals surface area contributed by atoms with Crippen LogP contribution in [-0.2, 0) is 10.2 Å². The number of hydrogen-bond acceptors (Lipinski definition) is 3. The van der Waals surface area contributed by atoms with Crippen LogP contribution in [0.5, 0.6) is 0 Å². The molecule has 0 atom stereocenters. The second kappa shape index (κ2) is 4.95. The Morgan fingerprint density at radius 3 is 2.84 bits per heavy atom. The second-order valence-electron chi connectivity index (χ2n) is 3.91. The summed E-state index contributed by atoms with van der Waals surface area (Å²) in [6.07, 6.45) is 0. The molecule has 1 heterocycles. The zero-order valence-electron chi connectivity index (χ0n) is 10.2. The van der Waals surface area contributed by atoms with Gasteiger partial charge in [-0.25, -0.2) is 4.39 Å². The average molecular weight is 307 g/mol. The molecule has 0 aliphatic heterocycles. The van der Waals surface area contributed by atoms with Gasteiger partial charge in [-0.05, 0) is 6.07 Å². The van der Waals surface area contributed by atoms with Crippen molar-refractivity contribution in [3.63, 3.8) is 0 Å². The molecule has 6 nitrogen and oxygen atoms in total. The minimum absolute atomic E-state index is 0.170. The molecule has 2 aromatic rings. The van der Waals surface area contributed by atoms with E-state index in [1.165, 1.54) is 13.1 Å². The fourth-order valence-corrected chi connectivity index (χ4v) is 2.59. The minimum Gasteiger partial charge on any atom is -0.268 e. The van der Waals surface area contributed by atoms with Crippen LogP contribution in [0.3, 0.4) is 0 Å². The van der Waals surface area contributed by atoms with Crippen molar-refractivity contribution in [1.29, 1.82) is 0 Å². The van der Waals surface area contributed by atoms with Gasteiger partial charge < -0.3 is 0 Å². The number of benzene rings is 1. The largest absolute Gasteiger partial charge is 0.301 e. The Morgan fingerprint density at radius 1 is 1.53 bits per heavy atom. The second-order valence-corrected chi connectivity index (χ2v) is 6.06. The van der Waals surface area contributed by atoms with Gasteiger partial charge in [0.05, 0.1) is 11.2 Å². The average Bonchev–Trinajstić information content (AvgIpc) is 2.70. The summed E-state index contributed by atoms with van der Waals surface area (Å²) in [5, 5.41) is 6.94. The summed E-state index contributed by atoms with van der Waals surface area (Å²) >= 11 is 5.83. The maximum atomic E-state index is 13.8. The maximum absolute atomic E-state index is 13.8. The highest BCUT2D eigenvalue weighted by molar-refractivity contribution is 7.90. The van der Waals surface area contributed by atoms with Crippen LogP contribution in [-0.4, -0.2) is 36.5 Å². The molecular formula is C10H12ClFN4O2S. The lowest BCUT2D eigenvalue weighted by Crippen LogP contribution is -2.32. The molecule has 0 spiro atoms. The van der Waals surface area contributed by atoms with Gasteiger partial charge in [-0.2, -0.15) is 17.8 Å². The Balaban J connectivity index is 2.45. The Bertz CT molecular complexity index is 716. The Hall–Kier alpha value is -1.38. The molecule has 2 rings (SSSR count). The molecule has 0 unspecified atom stereocenters. The summed E-state index contributed by atoms with van der Waals surface area (Å²) in [4.78, 5) is 0. The van der Waals surface area contributed by atoms with Crippen LogP contribution >= 0.6 is 11.6 Å². The van der Waals surface area contributed by atoms with Crippen LogP contribution in [0.2, 0.25) is 5.15 Å². The lowest BCUT2D eigenvalue weighted by molar-refractivity contribution is 0.491. The van der Waals surface area contributed by atoms with E-state index in [0.29, 0.717) is 10.9 Å². The number of fused-ring (bicyclic) bond motifs is 1. The minimum atomic E-state index is -3.78. The highest BCUT2D eigenvalue weighted by atomic mass is 35.5. The molecule has 0 fully saturated rings. The van der Waals surface area contributed by atoms with Crippen molar-refractivity contribution in [1.82, 2.24) is 14.5 Å². The molecule has 0 bridgehead atoms. The van der Waals surface area contributed by atoms with Crippen molar-refractivity contribution in [2.75, 3.05) is 18.3 Å². The van der Waals surface area contributed by atoms with E-state index >= 15 is 0 Å². The molecule has 0 amide bonds. The number of H-pyrrole nitrogens is 1. The zero-order chi connectivity index (χ0) is 14.2. The predicted octanol–water partition coefficient (Wildman–Crippen LogP) is 1.96. The number of nitrogens with one attached hydrogen (secondary N) is 2. The van der Waals surface area contributed by atoms with E-state index < -0.39 is 16.0 Å². The van der Waals surface area contributed by atoms with E-state index in [0.717, 1.165) is 10.4 Å². The number of aromatic nitrogens is 2. The Labute approximate surface area is 114 Å². The molecule has 2 N–H and O–H groups in total. The third kappa shape index (κ3) is 2.65. The molecule has 19 heavy (non-hydrogen) atoms. The lowest BCUT2D eigenvalue weighted by atomic mass is 10.2. The molecule has 104 valence electrons. The molecule has 0 aliphatic carbocycles. The van der Waals surface area contributed by atoms with E-state index in [1.54, 1.807) is 6.92 Å². The van der Waals surface area contributed by atoms with Crippen LogP contribution < -0.4 is 4.72 Å².